The maximum Gasteiger partial charge on any atom is 0.240 e. The molecular formula is C13H19ClN4O2. The zero-order valence-electron chi connectivity index (χ0n) is 11.6. The van der Waals surface area contributed by atoms with Gasteiger partial charge in [-0.15, -0.1) is 12.4 Å². The van der Waals surface area contributed by atoms with E-state index in [0.717, 1.165) is 12.3 Å². The SMILES string of the molecule is COc1cccc(CN(C)Cc2noc(CN)n2)c1.Cl. The largest absolute Gasteiger partial charge is 0.497 e. The molecule has 1 heterocycles. The number of benzene rings is 1. The van der Waals surface area contributed by atoms with Crippen molar-refractivity contribution in [3.63, 3.8) is 0 Å². The second kappa shape index (κ2) is 7.84. The van der Waals surface area contributed by atoms with Crippen LogP contribution < -0.4 is 10.5 Å². The zero-order valence-corrected chi connectivity index (χ0v) is 12.4. The van der Waals surface area contributed by atoms with Gasteiger partial charge in [0, 0.05) is 6.54 Å². The standard InChI is InChI=1S/C13H18N4O2.ClH/c1-17(9-12-15-13(7-14)19-16-12)8-10-4-3-5-11(6-10)18-2;/h3-6H,7-9,14H2,1-2H3;1H. The first-order valence-corrected chi connectivity index (χ1v) is 6.04. The fourth-order valence-corrected chi connectivity index (χ4v) is 1.82. The molecule has 2 N–H and O–H groups in total. The minimum Gasteiger partial charge on any atom is -0.497 e. The summed E-state index contributed by atoms with van der Waals surface area (Å²) in [7, 11) is 3.66. The Kier molecular flexibility index (Phi) is 6.44. The van der Waals surface area contributed by atoms with Crippen molar-refractivity contribution in [2.45, 2.75) is 19.6 Å². The Hall–Kier alpha value is -1.63. The van der Waals surface area contributed by atoms with Gasteiger partial charge in [-0.25, -0.2) is 0 Å². The van der Waals surface area contributed by atoms with Crippen LogP contribution in [0.3, 0.4) is 0 Å². The zero-order chi connectivity index (χ0) is 13.7. The number of ether oxygens (including phenoxy) is 1. The third-order valence-electron chi connectivity index (χ3n) is 2.68. The van der Waals surface area contributed by atoms with Crippen LogP contribution >= 0.6 is 12.4 Å². The van der Waals surface area contributed by atoms with Crippen LogP contribution in [0.15, 0.2) is 28.8 Å². The number of hydrogen-bond acceptors (Lipinski definition) is 6. The Morgan fingerprint density at radius 2 is 2.15 bits per heavy atom. The van der Waals surface area contributed by atoms with Crippen LogP contribution in [-0.2, 0) is 19.6 Å². The van der Waals surface area contributed by atoms with Gasteiger partial charge in [0.05, 0.1) is 20.2 Å². The molecule has 0 aliphatic rings. The summed E-state index contributed by atoms with van der Waals surface area (Å²) in [4.78, 5) is 6.27. The summed E-state index contributed by atoms with van der Waals surface area (Å²) in [6.45, 7) is 1.66. The van der Waals surface area contributed by atoms with E-state index in [-0.39, 0.29) is 19.0 Å². The van der Waals surface area contributed by atoms with Crippen LogP contribution in [0, 0.1) is 0 Å². The molecule has 0 atom stereocenters. The van der Waals surface area contributed by atoms with E-state index in [4.69, 9.17) is 15.0 Å². The predicted molar refractivity (Wildman–Crippen MR) is 77.6 cm³/mol. The van der Waals surface area contributed by atoms with E-state index in [9.17, 15) is 0 Å². The van der Waals surface area contributed by atoms with Crippen molar-refractivity contribution >= 4 is 12.4 Å². The van der Waals surface area contributed by atoms with Crippen molar-refractivity contribution in [1.82, 2.24) is 15.0 Å². The molecule has 1 aromatic heterocycles. The molecule has 0 saturated carbocycles. The van der Waals surface area contributed by atoms with Gasteiger partial charge in [0.15, 0.2) is 5.82 Å². The van der Waals surface area contributed by atoms with Crippen LogP contribution in [0.5, 0.6) is 5.75 Å². The lowest BCUT2D eigenvalue weighted by Gasteiger charge is -2.14. The molecule has 1 aromatic carbocycles. The van der Waals surface area contributed by atoms with E-state index in [1.54, 1.807) is 7.11 Å². The fraction of sp³-hybridized carbons (Fsp3) is 0.385. The monoisotopic (exact) mass is 298 g/mol. The van der Waals surface area contributed by atoms with Gasteiger partial charge < -0.3 is 15.0 Å². The maximum absolute atomic E-state index is 5.43. The van der Waals surface area contributed by atoms with Crippen molar-refractivity contribution in [2.75, 3.05) is 14.2 Å². The van der Waals surface area contributed by atoms with Crippen molar-refractivity contribution in [3.05, 3.63) is 41.5 Å². The van der Waals surface area contributed by atoms with Gasteiger partial charge in [0.1, 0.15) is 5.75 Å². The smallest absolute Gasteiger partial charge is 0.240 e. The van der Waals surface area contributed by atoms with Crippen molar-refractivity contribution in [1.29, 1.82) is 0 Å². The van der Waals surface area contributed by atoms with Crippen LogP contribution in [0.4, 0.5) is 0 Å². The summed E-state index contributed by atoms with van der Waals surface area (Å²) < 4.78 is 10.2. The number of hydrogen-bond donors (Lipinski definition) is 1. The van der Waals surface area contributed by atoms with Gasteiger partial charge in [-0.3, -0.25) is 4.90 Å². The molecule has 0 fully saturated rings. The molecule has 0 amide bonds. The normalized spacial score (nSPS) is 10.4. The van der Waals surface area contributed by atoms with Gasteiger partial charge in [-0.1, -0.05) is 17.3 Å². The number of nitrogens with zero attached hydrogens (tertiary/aromatic N) is 3. The molecule has 0 aliphatic carbocycles. The van der Waals surface area contributed by atoms with Crippen molar-refractivity contribution in [2.24, 2.45) is 5.73 Å². The highest BCUT2D eigenvalue weighted by atomic mass is 35.5. The highest BCUT2D eigenvalue weighted by Gasteiger charge is 2.08. The van der Waals surface area contributed by atoms with Gasteiger partial charge in [0.25, 0.3) is 0 Å². The molecule has 0 unspecified atom stereocenters. The summed E-state index contributed by atoms with van der Waals surface area (Å²) in [5.41, 5.74) is 6.60. The first-order valence-electron chi connectivity index (χ1n) is 6.04. The summed E-state index contributed by atoms with van der Waals surface area (Å²) in [5.74, 6) is 1.96. The minimum atomic E-state index is 0. The number of nitrogens with two attached hydrogens (primary N) is 1. The highest BCUT2D eigenvalue weighted by Crippen LogP contribution is 2.14. The molecule has 0 spiro atoms. The first kappa shape index (κ1) is 16.4. The summed E-state index contributed by atoms with van der Waals surface area (Å²) >= 11 is 0. The quantitative estimate of drug-likeness (QED) is 0.872. The fourth-order valence-electron chi connectivity index (χ4n) is 1.82. The average molecular weight is 299 g/mol. The Balaban J connectivity index is 0.00000200. The Labute approximate surface area is 124 Å². The predicted octanol–water partition coefficient (Wildman–Crippen LogP) is 1.59. The maximum atomic E-state index is 5.43. The topological polar surface area (TPSA) is 77.4 Å². The van der Waals surface area contributed by atoms with Gasteiger partial charge in [-0.2, -0.15) is 4.98 Å². The molecule has 20 heavy (non-hydrogen) atoms. The third kappa shape index (κ3) is 4.48. The minimum absolute atomic E-state index is 0. The second-order valence-corrected chi connectivity index (χ2v) is 4.33. The lowest BCUT2D eigenvalue weighted by molar-refractivity contribution is 0.299. The van der Waals surface area contributed by atoms with Crippen LogP contribution in [0.1, 0.15) is 17.3 Å². The van der Waals surface area contributed by atoms with E-state index >= 15 is 0 Å². The van der Waals surface area contributed by atoms with Crippen molar-refractivity contribution in [3.8, 4) is 5.75 Å². The number of methoxy groups -OCH3 is 1. The molecule has 7 heteroatoms. The second-order valence-electron chi connectivity index (χ2n) is 4.33. The van der Waals surface area contributed by atoms with E-state index in [0.29, 0.717) is 18.3 Å². The van der Waals surface area contributed by atoms with Crippen LogP contribution in [-0.4, -0.2) is 29.2 Å². The van der Waals surface area contributed by atoms with E-state index in [2.05, 4.69) is 21.1 Å². The lowest BCUT2D eigenvalue weighted by Crippen LogP contribution is -2.18. The number of rotatable bonds is 6. The molecule has 2 rings (SSSR count). The van der Waals surface area contributed by atoms with Crippen molar-refractivity contribution < 1.29 is 9.26 Å². The third-order valence-corrected chi connectivity index (χ3v) is 2.68. The first-order chi connectivity index (χ1) is 9.21. The van der Waals surface area contributed by atoms with E-state index in [1.165, 1.54) is 5.56 Å². The summed E-state index contributed by atoms with van der Waals surface area (Å²) in [5, 5.41) is 3.87. The Morgan fingerprint density at radius 3 is 2.80 bits per heavy atom. The van der Waals surface area contributed by atoms with E-state index < -0.39 is 0 Å². The average Bonchev–Trinajstić information content (AvgIpc) is 2.86. The van der Waals surface area contributed by atoms with Gasteiger partial charge >= 0.3 is 0 Å². The molecule has 2 aromatic rings. The summed E-state index contributed by atoms with van der Waals surface area (Å²) in [6, 6.07) is 7.97. The van der Waals surface area contributed by atoms with Gasteiger partial charge in [-0.05, 0) is 24.7 Å². The molecule has 6 nitrogen and oxygen atoms in total. The van der Waals surface area contributed by atoms with E-state index in [1.807, 2.05) is 25.2 Å². The summed E-state index contributed by atoms with van der Waals surface area (Å²) in [6.07, 6.45) is 0. The highest BCUT2D eigenvalue weighted by molar-refractivity contribution is 5.85. The molecule has 0 radical (unpaired) electrons. The lowest BCUT2D eigenvalue weighted by atomic mass is 10.2. The Bertz CT molecular complexity index is 533. The molecular weight excluding hydrogens is 280 g/mol. The molecule has 0 saturated heterocycles. The van der Waals surface area contributed by atoms with Crippen LogP contribution in [0.2, 0.25) is 0 Å². The van der Waals surface area contributed by atoms with Crippen LogP contribution in [0.25, 0.3) is 0 Å². The molecule has 110 valence electrons. The molecule has 0 bridgehead atoms. The molecule has 0 aliphatic heterocycles. The number of aromatic nitrogens is 2. The Morgan fingerprint density at radius 1 is 1.35 bits per heavy atom. The van der Waals surface area contributed by atoms with Gasteiger partial charge in [0.2, 0.25) is 5.89 Å². The number of halogens is 1.